The molecule has 1 heterocycles. The van der Waals surface area contributed by atoms with E-state index in [9.17, 15) is 5.11 Å². The van der Waals surface area contributed by atoms with Crippen LogP contribution in [0.5, 0.6) is 5.75 Å². The van der Waals surface area contributed by atoms with Gasteiger partial charge in [-0.1, -0.05) is 25.5 Å². The molecular weight excluding hydrogens is 238 g/mol. The van der Waals surface area contributed by atoms with Gasteiger partial charge in [0, 0.05) is 31.5 Å². The van der Waals surface area contributed by atoms with Gasteiger partial charge in [0.05, 0.1) is 0 Å². The van der Waals surface area contributed by atoms with Crippen molar-refractivity contribution >= 4 is 5.82 Å². The summed E-state index contributed by atoms with van der Waals surface area (Å²) < 4.78 is 0. The molecule has 1 aromatic heterocycles. The Hall–Kier alpha value is -2.10. The van der Waals surface area contributed by atoms with Crippen LogP contribution in [-0.2, 0) is 0 Å². The molecule has 4 nitrogen and oxygen atoms in total. The van der Waals surface area contributed by atoms with E-state index in [1.54, 1.807) is 24.5 Å². The Balaban J connectivity index is 2.35. The lowest BCUT2D eigenvalue weighted by Crippen LogP contribution is -2.20. The normalized spacial score (nSPS) is 10.4. The van der Waals surface area contributed by atoms with Crippen molar-refractivity contribution in [3.05, 3.63) is 36.7 Å². The molecule has 0 aliphatic rings. The Kier molecular flexibility index (Phi) is 4.34. The molecular formula is C15H19N3O. The van der Waals surface area contributed by atoms with Crippen LogP contribution in [0.4, 0.5) is 5.82 Å². The van der Waals surface area contributed by atoms with Crippen molar-refractivity contribution in [2.45, 2.75) is 19.8 Å². The first-order valence-electron chi connectivity index (χ1n) is 6.54. The number of hydrogen-bond acceptors (Lipinski definition) is 4. The molecule has 1 N–H and O–H groups in total. The van der Waals surface area contributed by atoms with Crippen molar-refractivity contribution in [3.63, 3.8) is 0 Å². The molecule has 0 fully saturated rings. The fraction of sp³-hybridized carbons (Fsp3) is 0.333. The summed E-state index contributed by atoms with van der Waals surface area (Å²) in [6.45, 7) is 3.11. The summed E-state index contributed by atoms with van der Waals surface area (Å²) in [5.74, 6) is 1.09. The Bertz CT molecular complexity index is 542. The average molecular weight is 257 g/mol. The van der Waals surface area contributed by atoms with Crippen molar-refractivity contribution < 1.29 is 5.11 Å². The van der Waals surface area contributed by atoms with Crippen LogP contribution in [0.25, 0.3) is 11.3 Å². The van der Waals surface area contributed by atoms with Gasteiger partial charge in [-0.25, -0.2) is 4.98 Å². The van der Waals surface area contributed by atoms with E-state index in [0.717, 1.165) is 36.5 Å². The van der Waals surface area contributed by atoms with Gasteiger partial charge in [-0.15, -0.1) is 0 Å². The van der Waals surface area contributed by atoms with E-state index in [4.69, 9.17) is 0 Å². The zero-order chi connectivity index (χ0) is 13.7. The van der Waals surface area contributed by atoms with Gasteiger partial charge in [0.1, 0.15) is 11.4 Å². The van der Waals surface area contributed by atoms with Crippen LogP contribution >= 0.6 is 0 Å². The number of aromatic nitrogens is 2. The molecule has 2 rings (SSSR count). The predicted octanol–water partition coefficient (Wildman–Crippen LogP) is 3.09. The van der Waals surface area contributed by atoms with Crippen molar-refractivity contribution in [3.8, 4) is 17.0 Å². The highest BCUT2D eigenvalue weighted by molar-refractivity contribution is 5.72. The summed E-state index contributed by atoms with van der Waals surface area (Å²) in [5, 5.41) is 9.58. The lowest BCUT2D eigenvalue weighted by atomic mass is 10.1. The molecule has 0 aliphatic carbocycles. The number of anilines is 1. The zero-order valence-corrected chi connectivity index (χ0v) is 11.4. The minimum absolute atomic E-state index is 0.241. The van der Waals surface area contributed by atoms with Crippen LogP contribution in [-0.4, -0.2) is 28.7 Å². The van der Waals surface area contributed by atoms with Gasteiger partial charge in [0.2, 0.25) is 0 Å². The zero-order valence-electron chi connectivity index (χ0n) is 11.4. The smallest absolute Gasteiger partial charge is 0.154 e. The number of rotatable bonds is 5. The topological polar surface area (TPSA) is 49.2 Å². The second kappa shape index (κ2) is 6.18. The quantitative estimate of drug-likeness (QED) is 0.894. The number of benzene rings is 1. The summed E-state index contributed by atoms with van der Waals surface area (Å²) in [6.07, 6.45) is 5.64. The van der Waals surface area contributed by atoms with Crippen LogP contribution in [0.1, 0.15) is 19.8 Å². The van der Waals surface area contributed by atoms with Crippen molar-refractivity contribution in [1.29, 1.82) is 0 Å². The summed E-state index contributed by atoms with van der Waals surface area (Å²) in [7, 11) is 2.02. The van der Waals surface area contributed by atoms with Crippen LogP contribution in [0.3, 0.4) is 0 Å². The number of aromatic hydroxyl groups is 1. The Labute approximate surface area is 113 Å². The largest absolute Gasteiger partial charge is 0.508 e. The third-order valence-corrected chi connectivity index (χ3v) is 3.01. The fourth-order valence-corrected chi connectivity index (χ4v) is 1.97. The fourth-order valence-electron chi connectivity index (χ4n) is 1.97. The van der Waals surface area contributed by atoms with Crippen LogP contribution < -0.4 is 4.90 Å². The number of phenolic OH excluding ortho intramolecular Hbond substituents is 1. The third kappa shape index (κ3) is 3.22. The highest BCUT2D eigenvalue weighted by Gasteiger charge is 2.12. The number of hydrogen-bond donors (Lipinski definition) is 1. The van der Waals surface area contributed by atoms with Gasteiger partial charge in [-0.05, 0) is 18.6 Å². The van der Waals surface area contributed by atoms with E-state index < -0.39 is 0 Å². The monoisotopic (exact) mass is 257 g/mol. The first-order valence-corrected chi connectivity index (χ1v) is 6.54. The van der Waals surface area contributed by atoms with E-state index in [-0.39, 0.29) is 5.75 Å². The minimum atomic E-state index is 0.241. The molecule has 0 bridgehead atoms. The summed E-state index contributed by atoms with van der Waals surface area (Å²) in [6, 6.07) is 7.11. The van der Waals surface area contributed by atoms with E-state index >= 15 is 0 Å². The van der Waals surface area contributed by atoms with Gasteiger partial charge < -0.3 is 10.0 Å². The lowest BCUT2D eigenvalue weighted by molar-refractivity contribution is 0.475. The predicted molar refractivity (Wildman–Crippen MR) is 77.3 cm³/mol. The third-order valence-electron chi connectivity index (χ3n) is 3.01. The Morgan fingerprint density at radius 2 is 2.00 bits per heavy atom. The SMILES string of the molecule is CCCCN(C)c1nccnc1-c1cccc(O)c1. The molecule has 19 heavy (non-hydrogen) atoms. The first kappa shape index (κ1) is 13.3. The summed E-state index contributed by atoms with van der Waals surface area (Å²) >= 11 is 0. The second-order valence-electron chi connectivity index (χ2n) is 4.55. The van der Waals surface area contributed by atoms with E-state index in [1.165, 1.54) is 0 Å². The molecule has 0 saturated heterocycles. The lowest BCUT2D eigenvalue weighted by Gasteiger charge is -2.20. The van der Waals surface area contributed by atoms with Crippen molar-refractivity contribution in [2.75, 3.05) is 18.5 Å². The molecule has 0 spiro atoms. The van der Waals surface area contributed by atoms with E-state index in [2.05, 4.69) is 21.8 Å². The first-order chi connectivity index (χ1) is 9.22. The highest BCUT2D eigenvalue weighted by atomic mass is 16.3. The number of nitrogens with zero attached hydrogens (tertiary/aromatic N) is 3. The van der Waals surface area contributed by atoms with Crippen LogP contribution in [0, 0.1) is 0 Å². The molecule has 0 amide bonds. The van der Waals surface area contributed by atoms with Gasteiger partial charge in [0.25, 0.3) is 0 Å². The molecule has 100 valence electrons. The molecule has 1 aromatic carbocycles. The molecule has 0 saturated carbocycles. The summed E-state index contributed by atoms with van der Waals surface area (Å²) in [4.78, 5) is 10.9. The molecule has 0 atom stereocenters. The maximum absolute atomic E-state index is 9.58. The van der Waals surface area contributed by atoms with Gasteiger partial charge in [-0.3, -0.25) is 4.98 Å². The van der Waals surface area contributed by atoms with Crippen molar-refractivity contribution in [2.24, 2.45) is 0 Å². The maximum atomic E-state index is 9.58. The molecule has 0 unspecified atom stereocenters. The highest BCUT2D eigenvalue weighted by Crippen LogP contribution is 2.28. The van der Waals surface area contributed by atoms with E-state index in [0.29, 0.717) is 0 Å². The number of unbranched alkanes of at least 4 members (excludes halogenated alkanes) is 1. The molecule has 0 radical (unpaired) electrons. The van der Waals surface area contributed by atoms with Crippen molar-refractivity contribution in [1.82, 2.24) is 9.97 Å². The average Bonchev–Trinajstić information content (AvgIpc) is 2.45. The molecule has 4 heteroatoms. The minimum Gasteiger partial charge on any atom is -0.508 e. The van der Waals surface area contributed by atoms with Gasteiger partial charge in [-0.2, -0.15) is 0 Å². The van der Waals surface area contributed by atoms with Crippen LogP contribution in [0.2, 0.25) is 0 Å². The second-order valence-corrected chi connectivity index (χ2v) is 4.55. The van der Waals surface area contributed by atoms with Crippen LogP contribution in [0.15, 0.2) is 36.7 Å². The summed E-state index contributed by atoms with van der Waals surface area (Å²) in [5.41, 5.74) is 1.68. The molecule has 2 aromatic rings. The van der Waals surface area contributed by atoms with Gasteiger partial charge >= 0.3 is 0 Å². The number of phenols is 1. The standard InChI is InChI=1S/C15H19N3O/c1-3-4-10-18(2)15-14(16-8-9-17-15)12-6-5-7-13(19)11-12/h5-9,11,19H,3-4,10H2,1-2H3. The molecule has 0 aliphatic heterocycles. The Morgan fingerprint density at radius 1 is 1.21 bits per heavy atom. The van der Waals surface area contributed by atoms with E-state index in [1.807, 2.05) is 19.2 Å². The Morgan fingerprint density at radius 3 is 2.74 bits per heavy atom. The van der Waals surface area contributed by atoms with Gasteiger partial charge in [0.15, 0.2) is 5.82 Å². The maximum Gasteiger partial charge on any atom is 0.154 e.